The molecule has 11 nitrogen and oxygen atoms in total. The van der Waals surface area contributed by atoms with Gasteiger partial charge in [-0.25, -0.2) is 19.4 Å². The van der Waals surface area contributed by atoms with E-state index in [4.69, 9.17) is 5.73 Å². The van der Waals surface area contributed by atoms with Gasteiger partial charge in [0.2, 0.25) is 5.95 Å². The monoisotopic (exact) mass is 419 g/mol. The molecule has 31 heavy (non-hydrogen) atoms. The van der Waals surface area contributed by atoms with Crippen LogP contribution in [0.5, 0.6) is 0 Å². The number of amides is 3. The van der Waals surface area contributed by atoms with Gasteiger partial charge >= 0.3 is 6.03 Å². The number of nitrogens with one attached hydrogen (secondary N) is 2. The molecule has 0 unspecified atom stereocenters. The number of urea groups is 1. The van der Waals surface area contributed by atoms with Gasteiger partial charge in [0.25, 0.3) is 5.91 Å². The Hall–Kier alpha value is -4.15. The second kappa shape index (κ2) is 7.27. The average molecular weight is 419 g/mol. The Labute approximate surface area is 176 Å². The van der Waals surface area contributed by atoms with Gasteiger partial charge in [-0.1, -0.05) is 0 Å². The minimum Gasteiger partial charge on any atom is -0.351 e. The lowest BCUT2D eigenvalue weighted by atomic mass is 10.2. The zero-order valence-corrected chi connectivity index (χ0v) is 16.8. The second-order valence-corrected chi connectivity index (χ2v) is 7.37. The maximum absolute atomic E-state index is 12.3. The van der Waals surface area contributed by atoms with Crippen LogP contribution in [0.15, 0.2) is 43.1 Å². The highest BCUT2D eigenvalue weighted by molar-refractivity contribution is 5.94. The zero-order chi connectivity index (χ0) is 21.5. The lowest BCUT2D eigenvalue weighted by Gasteiger charge is -2.13. The van der Waals surface area contributed by atoms with Crippen molar-refractivity contribution in [1.29, 1.82) is 0 Å². The van der Waals surface area contributed by atoms with Gasteiger partial charge in [0.05, 0.1) is 16.9 Å². The molecule has 3 amide bonds. The molecule has 1 fully saturated rings. The molecule has 4 N–H and O–H groups in total. The number of benzene rings is 1. The zero-order valence-electron chi connectivity index (χ0n) is 16.8. The van der Waals surface area contributed by atoms with Gasteiger partial charge in [0, 0.05) is 31.2 Å². The number of aromatic nitrogens is 6. The van der Waals surface area contributed by atoms with Gasteiger partial charge in [-0.2, -0.15) is 5.10 Å². The van der Waals surface area contributed by atoms with Crippen molar-refractivity contribution >= 4 is 28.9 Å². The van der Waals surface area contributed by atoms with E-state index in [9.17, 15) is 9.59 Å². The maximum atomic E-state index is 12.3. The van der Waals surface area contributed by atoms with Crippen molar-refractivity contribution < 1.29 is 9.59 Å². The van der Waals surface area contributed by atoms with Crippen LogP contribution in [-0.4, -0.2) is 53.8 Å². The van der Waals surface area contributed by atoms with Gasteiger partial charge in [-0.3, -0.25) is 9.69 Å². The van der Waals surface area contributed by atoms with E-state index in [2.05, 4.69) is 25.4 Å². The number of carbonyl (C=O) groups excluding carboxylic acids is 2. The first-order chi connectivity index (χ1) is 15.0. The fourth-order valence-corrected chi connectivity index (χ4v) is 3.41. The lowest BCUT2D eigenvalue weighted by molar-refractivity contribution is 0.0946. The van der Waals surface area contributed by atoms with Gasteiger partial charge in [0.1, 0.15) is 17.5 Å². The molecule has 1 saturated carbocycles. The summed E-state index contributed by atoms with van der Waals surface area (Å²) < 4.78 is 3.45. The van der Waals surface area contributed by atoms with Gasteiger partial charge in [-0.15, -0.1) is 0 Å². The minimum atomic E-state index is -0.594. The van der Waals surface area contributed by atoms with E-state index < -0.39 is 6.03 Å². The van der Waals surface area contributed by atoms with Gasteiger partial charge < -0.3 is 20.6 Å². The largest absolute Gasteiger partial charge is 0.351 e. The summed E-state index contributed by atoms with van der Waals surface area (Å²) in [4.78, 5) is 37.4. The molecule has 0 bridgehead atoms. The Kier molecular flexibility index (Phi) is 4.42. The molecule has 0 spiro atoms. The van der Waals surface area contributed by atoms with E-state index in [1.54, 1.807) is 34.2 Å². The van der Waals surface area contributed by atoms with Crippen LogP contribution in [0.4, 0.5) is 10.7 Å². The Morgan fingerprint density at radius 2 is 2.19 bits per heavy atom. The second-order valence-electron chi connectivity index (χ2n) is 7.37. The van der Waals surface area contributed by atoms with E-state index in [1.807, 2.05) is 25.1 Å². The van der Waals surface area contributed by atoms with E-state index in [0.717, 1.165) is 18.5 Å². The Balaban J connectivity index is 1.60. The lowest BCUT2D eigenvalue weighted by Crippen LogP contribution is -2.36. The molecule has 0 saturated heterocycles. The van der Waals surface area contributed by atoms with Crippen LogP contribution in [0.3, 0.4) is 0 Å². The highest BCUT2D eigenvalue weighted by Crippen LogP contribution is 2.27. The molecule has 1 aromatic carbocycles. The molecule has 0 atom stereocenters. The van der Waals surface area contributed by atoms with Crippen molar-refractivity contribution in [3.05, 3.63) is 48.8 Å². The number of carbonyl (C=O) groups is 2. The Morgan fingerprint density at radius 1 is 1.35 bits per heavy atom. The average Bonchev–Trinajstić information content (AvgIpc) is 3.20. The molecule has 11 heteroatoms. The molecule has 1 aliphatic carbocycles. The van der Waals surface area contributed by atoms with Crippen LogP contribution in [0.1, 0.15) is 30.3 Å². The molecule has 1 aliphatic rings. The third-order valence-electron chi connectivity index (χ3n) is 5.15. The number of fused-ring (bicyclic) bond motifs is 1. The van der Waals surface area contributed by atoms with Crippen LogP contribution in [0, 0.1) is 0 Å². The van der Waals surface area contributed by atoms with Gasteiger partial charge in [-0.05, 0) is 38.0 Å². The minimum absolute atomic E-state index is 0.182. The van der Waals surface area contributed by atoms with Crippen molar-refractivity contribution in [2.75, 3.05) is 11.4 Å². The first-order valence-electron chi connectivity index (χ1n) is 9.99. The summed E-state index contributed by atoms with van der Waals surface area (Å²) in [5.41, 5.74) is 8.62. The first kappa shape index (κ1) is 18.9. The number of hydrogen-bond donors (Lipinski definition) is 3. The molecule has 0 aliphatic heterocycles. The van der Waals surface area contributed by atoms with E-state index in [0.29, 0.717) is 34.9 Å². The van der Waals surface area contributed by atoms with Crippen molar-refractivity contribution in [1.82, 2.24) is 34.6 Å². The number of rotatable bonds is 6. The summed E-state index contributed by atoms with van der Waals surface area (Å²) in [5.74, 6) is 0.171. The topological polar surface area (TPSA) is 140 Å². The maximum Gasteiger partial charge on any atom is 0.321 e. The fourth-order valence-electron chi connectivity index (χ4n) is 3.41. The molecule has 3 aromatic heterocycles. The first-order valence-corrected chi connectivity index (χ1v) is 9.99. The standard InChI is InChI=1S/C20H21N9O2/c1-2-28(19(21)31)20-25-14-8-13(9-16(17(14)26-20)29-7-3-6-23-29)27-10-15(22-11-27)18(30)24-12-4-5-12/h3,6-12H,2,4-5H2,1H3,(H2,21,31)(H,24,30)(H,25,26). The summed E-state index contributed by atoms with van der Waals surface area (Å²) in [7, 11) is 0. The summed E-state index contributed by atoms with van der Waals surface area (Å²) in [6.07, 6.45) is 8.78. The summed E-state index contributed by atoms with van der Waals surface area (Å²) in [5, 5.41) is 7.26. The predicted octanol–water partition coefficient (Wildman–Crippen LogP) is 1.73. The highest BCUT2D eigenvalue weighted by Gasteiger charge is 2.25. The molecule has 5 rings (SSSR count). The summed E-state index contributed by atoms with van der Waals surface area (Å²) in [6.45, 7) is 2.19. The third kappa shape index (κ3) is 3.50. The van der Waals surface area contributed by atoms with Crippen LogP contribution < -0.4 is 16.0 Å². The van der Waals surface area contributed by atoms with E-state index in [-0.39, 0.29) is 11.9 Å². The molecule has 158 valence electrons. The summed E-state index contributed by atoms with van der Waals surface area (Å²) >= 11 is 0. The number of nitrogens with two attached hydrogens (primary N) is 1. The predicted molar refractivity (Wildman–Crippen MR) is 113 cm³/mol. The fraction of sp³-hybridized carbons (Fsp3) is 0.250. The smallest absolute Gasteiger partial charge is 0.321 e. The van der Waals surface area contributed by atoms with Crippen molar-refractivity contribution in [2.45, 2.75) is 25.8 Å². The number of anilines is 1. The van der Waals surface area contributed by atoms with Crippen LogP contribution in [0.25, 0.3) is 22.4 Å². The molecule has 3 heterocycles. The number of hydrogen-bond acceptors (Lipinski definition) is 5. The van der Waals surface area contributed by atoms with Crippen molar-refractivity contribution in [3.63, 3.8) is 0 Å². The number of primary amides is 1. The molecular weight excluding hydrogens is 398 g/mol. The molecule has 0 radical (unpaired) electrons. The molecular formula is C20H21N9O2. The Bertz CT molecular complexity index is 1270. The van der Waals surface area contributed by atoms with Crippen molar-refractivity contribution in [3.8, 4) is 11.4 Å². The molecule has 4 aromatic rings. The van der Waals surface area contributed by atoms with Crippen molar-refractivity contribution in [2.24, 2.45) is 5.73 Å². The van der Waals surface area contributed by atoms with Crippen LogP contribution in [-0.2, 0) is 0 Å². The van der Waals surface area contributed by atoms with Crippen LogP contribution in [0.2, 0.25) is 0 Å². The number of nitrogens with zero attached hydrogens (tertiary/aromatic N) is 6. The van der Waals surface area contributed by atoms with Gasteiger partial charge in [0.15, 0.2) is 0 Å². The van der Waals surface area contributed by atoms with E-state index >= 15 is 0 Å². The third-order valence-corrected chi connectivity index (χ3v) is 5.15. The SMILES string of the molecule is CCN(C(N)=O)c1nc2c(-n3cccn3)cc(-n3cnc(C(=O)NC4CC4)c3)cc2[nH]1. The number of imidazole rings is 2. The quantitative estimate of drug-likeness (QED) is 0.437. The highest BCUT2D eigenvalue weighted by atomic mass is 16.2. The van der Waals surface area contributed by atoms with Crippen LogP contribution >= 0.6 is 0 Å². The van der Waals surface area contributed by atoms with E-state index in [1.165, 1.54) is 4.90 Å². The number of H-pyrrole nitrogens is 1. The Morgan fingerprint density at radius 3 is 2.87 bits per heavy atom. The normalized spacial score (nSPS) is 13.5. The summed E-state index contributed by atoms with van der Waals surface area (Å²) in [6, 6.07) is 5.24. The number of aromatic amines is 1.